The molecular weight excluding hydrogens is 244 g/mol. The molecule has 2 atom stereocenters. The second-order valence-electron chi connectivity index (χ2n) is 4.97. The molecule has 2 fully saturated rings. The van der Waals surface area contributed by atoms with Crippen molar-refractivity contribution in [3.8, 4) is 0 Å². The largest absolute Gasteiger partial charge is 0.409 e. The van der Waals surface area contributed by atoms with Crippen molar-refractivity contribution in [1.29, 1.82) is 0 Å². The highest BCUT2D eigenvalue weighted by atomic mass is 16.5. The highest BCUT2D eigenvalue weighted by Gasteiger charge is 2.36. The molecule has 0 aromatic carbocycles. The predicted molar refractivity (Wildman–Crippen MR) is 71.5 cm³/mol. The summed E-state index contributed by atoms with van der Waals surface area (Å²) in [6.45, 7) is 1.57. The molecule has 0 bridgehead atoms. The lowest BCUT2D eigenvalue weighted by Gasteiger charge is -2.38. The summed E-state index contributed by atoms with van der Waals surface area (Å²) in [5.41, 5.74) is 6.09. The fourth-order valence-corrected chi connectivity index (χ4v) is 2.99. The minimum absolute atomic E-state index is 0.0399. The van der Waals surface area contributed by atoms with E-state index >= 15 is 0 Å². The molecule has 102 valence electrons. The molecule has 1 aliphatic heterocycles. The van der Waals surface area contributed by atoms with E-state index in [2.05, 4.69) is 15.0 Å². The quantitative estimate of drug-likeness (QED) is 0.358. The van der Waals surface area contributed by atoms with Gasteiger partial charge in [0, 0.05) is 6.54 Å². The zero-order valence-corrected chi connectivity index (χ0v) is 10.7. The maximum absolute atomic E-state index is 8.73. The molecular formula is C13H18N4O2. The van der Waals surface area contributed by atoms with Crippen molar-refractivity contribution in [1.82, 2.24) is 4.98 Å². The molecule has 19 heavy (non-hydrogen) atoms. The number of anilines is 1. The van der Waals surface area contributed by atoms with Gasteiger partial charge < -0.3 is 20.6 Å². The molecule has 2 unspecified atom stereocenters. The Hall–Kier alpha value is -1.82. The van der Waals surface area contributed by atoms with Crippen LogP contribution in [0.2, 0.25) is 0 Å². The molecule has 3 N–H and O–H groups in total. The van der Waals surface area contributed by atoms with Crippen molar-refractivity contribution in [3.63, 3.8) is 0 Å². The van der Waals surface area contributed by atoms with Gasteiger partial charge in [0.05, 0.1) is 18.8 Å². The zero-order valence-electron chi connectivity index (χ0n) is 10.7. The molecule has 0 radical (unpaired) electrons. The number of nitrogens with zero attached hydrogens (tertiary/aromatic N) is 3. The van der Waals surface area contributed by atoms with E-state index in [1.165, 1.54) is 6.42 Å². The summed E-state index contributed by atoms with van der Waals surface area (Å²) in [5.74, 6) is 0.919. The van der Waals surface area contributed by atoms with Crippen molar-refractivity contribution in [3.05, 3.63) is 23.9 Å². The fraction of sp³-hybridized carbons (Fsp3) is 0.538. The third-order valence-electron chi connectivity index (χ3n) is 3.88. The Morgan fingerprint density at radius 3 is 3.21 bits per heavy atom. The van der Waals surface area contributed by atoms with Gasteiger partial charge in [-0.15, -0.1) is 0 Å². The first-order valence-corrected chi connectivity index (χ1v) is 6.63. The first-order chi connectivity index (χ1) is 9.29. The smallest absolute Gasteiger partial charge is 0.188 e. The summed E-state index contributed by atoms with van der Waals surface area (Å²) in [7, 11) is 0. The Morgan fingerprint density at radius 2 is 2.37 bits per heavy atom. The van der Waals surface area contributed by atoms with Gasteiger partial charge in [-0.25, -0.2) is 4.98 Å². The average molecular weight is 262 g/mol. The van der Waals surface area contributed by atoms with Gasteiger partial charge in [0.2, 0.25) is 0 Å². The summed E-state index contributed by atoms with van der Waals surface area (Å²) < 4.78 is 5.79. The normalized spacial score (nSPS) is 27.4. The van der Waals surface area contributed by atoms with Crippen LogP contribution in [0.25, 0.3) is 0 Å². The van der Waals surface area contributed by atoms with Crippen LogP contribution < -0.4 is 10.6 Å². The van der Waals surface area contributed by atoms with Gasteiger partial charge in [0.25, 0.3) is 0 Å². The van der Waals surface area contributed by atoms with Crippen LogP contribution in [-0.2, 0) is 4.74 Å². The standard InChI is InChI=1S/C13H18N4O2/c14-13(16-18)9-3-1-6-12(15-9)17-7-8-19-11-5-2-4-10(11)17/h1,3,6,10-11,18H,2,4-5,7-8H2,(H2,14,16). The maximum atomic E-state index is 8.73. The van der Waals surface area contributed by atoms with Crippen LogP contribution in [0.4, 0.5) is 5.82 Å². The van der Waals surface area contributed by atoms with E-state index < -0.39 is 0 Å². The van der Waals surface area contributed by atoms with E-state index in [9.17, 15) is 0 Å². The highest BCUT2D eigenvalue weighted by molar-refractivity contribution is 5.95. The minimum atomic E-state index is 0.0399. The van der Waals surface area contributed by atoms with E-state index in [1.807, 2.05) is 12.1 Å². The lowest BCUT2D eigenvalue weighted by atomic mass is 10.1. The molecule has 0 amide bonds. The molecule has 6 heteroatoms. The van der Waals surface area contributed by atoms with Gasteiger partial charge in [-0.05, 0) is 31.4 Å². The Balaban J connectivity index is 1.88. The molecule has 2 aliphatic rings. The van der Waals surface area contributed by atoms with Gasteiger partial charge >= 0.3 is 0 Å². The summed E-state index contributed by atoms with van der Waals surface area (Å²) in [6, 6.07) is 6.00. The van der Waals surface area contributed by atoms with E-state index in [0.717, 1.165) is 31.8 Å². The summed E-state index contributed by atoms with van der Waals surface area (Å²) in [4.78, 5) is 6.77. The first-order valence-electron chi connectivity index (χ1n) is 6.63. The number of oxime groups is 1. The second kappa shape index (κ2) is 5.05. The van der Waals surface area contributed by atoms with E-state index in [4.69, 9.17) is 15.7 Å². The number of hydrogen-bond acceptors (Lipinski definition) is 5. The summed E-state index contributed by atoms with van der Waals surface area (Å²) in [6.07, 6.45) is 3.79. The second-order valence-corrected chi connectivity index (χ2v) is 4.97. The third kappa shape index (κ3) is 2.23. The SMILES string of the molecule is NC(=NO)c1cccc(N2CCOC3CCCC32)n1. The topological polar surface area (TPSA) is 84.0 Å². The predicted octanol–water partition coefficient (Wildman–Crippen LogP) is 0.934. The first kappa shape index (κ1) is 12.2. The molecule has 1 aromatic rings. The number of amidine groups is 1. The molecule has 1 aromatic heterocycles. The molecule has 1 saturated carbocycles. The van der Waals surface area contributed by atoms with Crippen LogP contribution in [0.5, 0.6) is 0 Å². The molecule has 1 saturated heterocycles. The molecule has 0 spiro atoms. The number of ether oxygens (including phenoxy) is 1. The van der Waals surface area contributed by atoms with Crippen LogP contribution in [0.1, 0.15) is 25.0 Å². The number of rotatable bonds is 2. The van der Waals surface area contributed by atoms with Crippen molar-refractivity contribution in [2.24, 2.45) is 10.9 Å². The summed E-state index contributed by atoms with van der Waals surface area (Å²) >= 11 is 0. The Bertz CT molecular complexity index is 491. The third-order valence-corrected chi connectivity index (χ3v) is 3.88. The molecule has 1 aliphatic carbocycles. The fourth-order valence-electron chi connectivity index (χ4n) is 2.99. The van der Waals surface area contributed by atoms with Crippen molar-refractivity contribution in [2.75, 3.05) is 18.1 Å². The number of morpholine rings is 1. The van der Waals surface area contributed by atoms with Crippen molar-refractivity contribution in [2.45, 2.75) is 31.4 Å². The zero-order chi connectivity index (χ0) is 13.2. The number of hydrogen-bond donors (Lipinski definition) is 2. The lowest BCUT2D eigenvalue weighted by Crippen LogP contribution is -2.49. The van der Waals surface area contributed by atoms with E-state index in [0.29, 0.717) is 17.8 Å². The Morgan fingerprint density at radius 1 is 1.47 bits per heavy atom. The minimum Gasteiger partial charge on any atom is -0.409 e. The lowest BCUT2D eigenvalue weighted by molar-refractivity contribution is 0.0253. The maximum Gasteiger partial charge on any atom is 0.188 e. The number of nitrogens with two attached hydrogens (primary N) is 1. The van der Waals surface area contributed by atoms with Crippen LogP contribution in [0.15, 0.2) is 23.4 Å². The number of pyridine rings is 1. The highest BCUT2D eigenvalue weighted by Crippen LogP contribution is 2.32. The number of fused-ring (bicyclic) bond motifs is 1. The Kier molecular flexibility index (Phi) is 3.25. The van der Waals surface area contributed by atoms with E-state index in [-0.39, 0.29) is 5.84 Å². The van der Waals surface area contributed by atoms with Crippen molar-refractivity contribution >= 4 is 11.7 Å². The van der Waals surface area contributed by atoms with Gasteiger partial charge in [0.15, 0.2) is 5.84 Å². The molecule has 3 rings (SSSR count). The average Bonchev–Trinajstić information content (AvgIpc) is 2.94. The van der Waals surface area contributed by atoms with Gasteiger partial charge in [-0.2, -0.15) is 0 Å². The van der Waals surface area contributed by atoms with Gasteiger partial charge in [0.1, 0.15) is 11.5 Å². The Labute approximate surface area is 111 Å². The van der Waals surface area contributed by atoms with E-state index in [1.54, 1.807) is 6.07 Å². The summed E-state index contributed by atoms with van der Waals surface area (Å²) in [5, 5.41) is 11.7. The molecule has 6 nitrogen and oxygen atoms in total. The monoisotopic (exact) mass is 262 g/mol. The van der Waals surface area contributed by atoms with Crippen LogP contribution in [0, 0.1) is 0 Å². The van der Waals surface area contributed by atoms with Crippen LogP contribution in [-0.4, -0.2) is 41.3 Å². The van der Waals surface area contributed by atoms with Crippen molar-refractivity contribution < 1.29 is 9.94 Å². The van der Waals surface area contributed by atoms with Gasteiger partial charge in [-0.3, -0.25) is 0 Å². The van der Waals surface area contributed by atoms with Crippen LogP contribution in [0.3, 0.4) is 0 Å². The molecule has 2 heterocycles. The van der Waals surface area contributed by atoms with Gasteiger partial charge in [-0.1, -0.05) is 11.2 Å². The van der Waals surface area contributed by atoms with Crippen LogP contribution >= 0.6 is 0 Å². The number of aromatic nitrogens is 1.